The summed E-state index contributed by atoms with van der Waals surface area (Å²) in [6.07, 6.45) is 3.99. The first-order chi connectivity index (χ1) is 5.17. The van der Waals surface area contributed by atoms with Crippen LogP contribution in [0.15, 0.2) is 0 Å². The van der Waals surface area contributed by atoms with Crippen LogP contribution >= 0.6 is 0 Å². The van der Waals surface area contributed by atoms with Crippen molar-refractivity contribution in [3.05, 3.63) is 0 Å². The van der Waals surface area contributed by atoms with Crippen LogP contribution in [0.3, 0.4) is 0 Å². The second kappa shape index (κ2) is 3.55. The summed E-state index contributed by atoms with van der Waals surface area (Å²) in [7, 11) is 0. The Morgan fingerprint density at radius 1 is 1.45 bits per heavy atom. The molecule has 0 saturated carbocycles. The molecule has 1 aliphatic heterocycles. The molecule has 0 spiro atoms. The van der Waals surface area contributed by atoms with E-state index in [0.29, 0.717) is 6.04 Å². The SMILES string of the molecule is CC(C)(CN)C1CCCCN1. The Morgan fingerprint density at radius 3 is 2.64 bits per heavy atom. The van der Waals surface area contributed by atoms with E-state index in [-0.39, 0.29) is 5.41 Å². The van der Waals surface area contributed by atoms with Gasteiger partial charge in [0.2, 0.25) is 0 Å². The summed E-state index contributed by atoms with van der Waals surface area (Å²) in [6.45, 7) is 6.45. The quantitative estimate of drug-likeness (QED) is 0.628. The summed E-state index contributed by atoms with van der Waals surface area (Å²) < 4.78 is 0. The highest BCUT2D eigenvalue weighted by molar-refractivity contribution is 4.86. The molecule has 2 nitrogen and oxygen atoms in total. The molecule has 11 heavy (non-hydrogen) atoms. The molecule has 3 N–H and O–H groups in total. The van der Waals surface area contributed by atoms with Crippen molar-refractivity contribution in [3.63, 3.8) is 0 Å². The fourth-order valence-corrected chi connectivity index (χ4v) is 1.66. The lowest BCUT2D eigenvalue weighted by Gasteiger charge is -2.36. The van der Waals surface area contributed by atoms with E-state index in [9.17, 15) is 0 Å². The maximum absolute atomic E-state index is 5.70. The Labute approximate surface area is 69.5 Å². The molecular formula is C9H20N2. The van der Waals surface area contributed by atoms with Gasteiger partial charge in [-0.1, -0.05) is 20.3 Å². The maximum Gasteiger partial charge on any atom is 0.0130 e. The number of rotatable bonds is 2. The van der Waals surface area contributed by atoms with Crippen molar-refractivity contribution in [3.8, 4) is 0 Å². The van der Waals surface area contributed by atoms with Crippen molar-refractivity contribution in [2.24, 2.45) is 11.1 Å². The molecule has 1 unspecified atom stereocenters. The number of nitrogens with one attached hydrogen (secondary N) is 1. The molecule has 1 heterocycles. The van der Waals surface area contributed by atoms with Gasteiger partial charge in [-0.05, 0) is 31.3 Å². The molecule has 0 radical (unpaired) electrons. The molecule has 1 fully saturated rings. The lowest BCUT2D eigenvalue weighted by molar-refractivity contribution is 0.212. The van der Waals surface area contributed by atoms with E-state index in [1.54, 1.807) is 0 Å². The average molecular weight is 156 g/mol. The monoisotopic (exact) mass is 156 g/mol. The smallest absolute Gasteiger partial charge is 0.0130 e. The Hall–Kier alpha value is -0.0800. The van der Waals surface area contributed by atoms with Crippen LogP contribution in [0.5, 0.6) is 0 Å². The van der Waals surface area contributed by atoms with Gasteiger partial charge in [-0.2, -0.15) is 0 Å². The zero-order valence-corrected chi connectivity index (χ0v) is 7.69. The lowest BCUT2D eigenvalue weighted by Crippen LogP contribution is -2.48. The van der Waals surface area contributed by atoms with Gasteiger partial charge in [0.25, 0.3) is 0 Å². The highest BCUT2D eigenvalue weighted by atomic mass is 14.9. The molecule has 1 atom stereocenters. The predicted octanol–water partition coefficient (Wildman–Crippen LogP) is 1.11. The van der Waals surface area contributed by atoms with Crippen LogP contribution in [0.25, 0.3) is 0 Å². The maximum atomic E-state index is 5.70. The normalized spacial score (nSPS) is 27.0. The molecular weight excluding hydrogens is 136 g/mol. The molecule has 66 valence electrons. The Bertz CT molecular complexity index is 115. The summed E-state index contributed by atoms with van der Waals surface area (Å²) in [5.74, 6) is 0. The van der Waals surface area contributed by atoms with Gasteiger partial charge in [0.1, 0.15) is 0 Å². The Balaban J connectivity index is 2.43. The van der Waals surface area contributed by atoms with Crippen LogP contribution in [-0.4, -0.2) is 19.1 Å². The summed E-state index contributed by atoms with van der Waals surface area (Å²) in [5, 5.41) is 3.53. The van der Waals surface area contributed by atoms with E-state index in [1.807, 2.05) is 0 Å². The summed E-state index contributed by atoms with van der Waals surface area (Å²) >= 11 is 0. The van der Waals surface area contributed by atoms with Crippen molar-refractivity contribution < 1.29 is 0 Å². The number of hydrogen-bond donors (Lipinski definition) is 2. The first-order valence-corrected chi connectivity index (χ1v) is 4.60. The number of piperidine rings is 1. The minimum atomic E-state index is 0.278. The number of nitrogens with two attached hydrogens (primary N) is 1. The van der Waals surface area contributed by atoms with E-state index >= 15 is 0 Å². The van der Waals surface area contributed by atoms with Gasteiger partial charge in [-0.25, -0.2) is 0 Å². The van der Waals surface area contributed by atoms with Gasteiger partial charge in [0.15, 0.2) is 0 Å². The van der Waals surface area contributed by atoms with Gasteiger partial charge < -0.3 is 11.1 Å². The molecule has 1 aliphatic rings. The summed E-state index contributed by atoms with van der Waals surface area (Å²) in [4.78, 5) is 0. The fraction of sp³-hybridized carbons (Fsp3) is 1.00. The van der Waals surface area contributed by atoms with E-state index in [4.69, 9.17) is 5.73 Å². The molecule has 1 saturated heterocycles. The van der Waals surface area contributed by atoms with Gasteiger partial charge in [-0.3, -0.25) is 0 Å². The van der Waals surface area contributed by atoms with Crippen molar-refractivity contribution in [1.82, 2.24) is 5.32 Å². The topological polar surface area (TPSA) is 38.0 Å². The van der Waals surface area contributed by atoms with Crippen LogP contribution < -0.4 is 11.1 Å². The van der Waals surface area contributed by atoms with E-state index in [1.165, 1.54) is 25.8 Å². The van der Waals surface area contributed by atoms with Gasteiger partial charge in [0, 0.05) is 6.04 Å². The lowest BCUT2D eigenvalue weighted by atomic mass is 9.80. The molecule has 2 heteroatoms. The van der Waals surface area contributed by atoms with Crippen LogP contribution in [-0.2, 0) is 0 Å². The minimum Gasteiger partial charge on any atom is -0.330 e. The van der Waals surface area contributed by atoms with E-state index in [0.717, 1.165) is 6.54 Å². The molecule has 0 aromatic carbocycles. The van der Waals surface area contributed by atoms with E-state index in [2.05, 4.69) is 19.2 Å². The van der Waals surface area contributed by atoms with Crippen molar-refractivity contribution in [2.75, 3.05) is 13.1 Å². The Kier molecular flexibility index (Phi) is 2.90. The third-order valence-electron chi connectivity index (χ3n) is 2.78. The van der Waals surface area contributed by atoms with Crippen LogP contribution in [0.1, 0.15) is 33.1 Å². The molecule has 0 aromatic rings. The third kappa shape index (κ3) is 2.17. The zero-order valence-electron chi connectivity index (χ0n) is 7.69. The molecule has 1 rings (SSSR count). The largest absolute Gasteiger partial charge is 0.330 e. The molecule has 0 amide bonds. The first kappa shape index (κ1) is 9.01. The standard InChI is InChI=1S/C9H20N2/c1-9(2,7-10)8-5-3-4-6-11-8/h8,11H,3-7,10H2,1-2H3. The second-order valence-electron chi connectivity index (χ2n) is 4.20. The molecule has 0 aromatic heterocycles. The van der Waals surface area contributed by atoms with Crippen LogP contribution in [0.4, 0.5) is 0 Å². The van der Waals surface area contributed by atoms with Crippen molar-refractivity contribution >= 4 is 0 Å². The first-order valence-electron chi connectivity index (χ1n) is 4.60. The highest BCUT2D eigenvalue weighted by Gasteiger charge is 2.28. The fourth-order valence-electron chi connectivity index (χ4n) is 1.66. The van der Waals surface area contributed by atoms with Gasteiger partial charge in [0.05, 0.1) is 0 Å². The zero-order chi connectivity index (χ0) is 8.32. The molecule has 0 aliphatic carbocycles. The Morgan fingerprint density at radius 2 is 2.18 bits per heavy atom. The van der Waals surface area contributed by atoms with Crippen LogP contribution in [0, 0.1) is 5.41 Å². The average Bonchev–Trinajstić information content (AvgIpc) is 2.06. The van der Waals surface area contributed by atoms with Crippen molar-refractivity contribution in [2.45, 2.75) is 39.2 Å². The minimum absolute atomic E-state index is 0.278. The number of hydrogen-bond acceptors (Lipinski definition) is 2. The highest BCUT2D eigenvalue weighted by Crippen LogP contribution is 2.25. The summed E-state index contributed by atoms with van der Waals surface area (Å²) in [5.41, 5.74) is 5.98. The molecule has 0 bridgehead atoms. The summed E-state index contributed by atoms with van der Waals surface area (Å²) in [6, 6.07) is 0.640. The second-order valence-corrected chi connectivity index (χ2v) is 4.20. The van der Waals surface area contributed by atoms with Gasteiger partial charge >= 0.3 is 0 Å². The van der Waals surface area contributed by atoms with Gasteiger partial charge in [-0.15, -0.1) is 0 Å². The van der Waals surface area contributed by atoms with Crippen LogP contribution in [0.2, 0.25) is 0 Å². The van der Waals surface area contributed by atoms with E-state index < -0.39 is 0 Å². The third-order valence-corrected chi connectivity index (χ3v) is 2.78. The van der Waals surface area contributed by atoms with Crippen molar-refractivity contribution in [1.29, 1.82) is 0 Å². The predicted molar refractivity (Wildman–Crippen MR) is 48.5 cm³/mol.